The maximum Gasteiger partial charge on any atom is 0.326 e. The van der Waals surface area contributed by atoms with Gasteiger partial charge in [-0.25, -0.2) is 9.48 Å². The molecule has 26 heavy (non-hydrogen) atoms. The van der Waals surface area contributed by atoms with Gasteiger partial charge in [-0.15, -0.1) is 0 Å². The van der Waals surface area contributed by atoms with E-state index in [0.29, 0.717) is 31.7 Å². The summed E-state index contributed by atoms with van der Waals surface area (Å²) in [5, 5.41) is 13.8. The Balaban J connectivity index is 1.94. The molecule has 138 valence electrons. The van der Waals surface area contributed by atoms with Crippen molar-refractivity contribution in [3.63, 3.8) is 0 Å². The summed E-state index contributed by atoms with van der Waals surface area (Å²) in [6, 6.07) is 8.62. The third kappa shape index (κ3) is 3.71. The molecule has 3 rings (SSSR count). The molecule has 0 aliphatic carbocycles. The number of hydrogen-bond acceptors (Lipinski definition) is 4. The first kappa shape index (κ1) is 18.0. The molecule has 0 radical (unpaired) electrons. The number of likely N-dealkylation sites (tertiary alicyclic amines) is 1. The van der Waals surface area contributed by atoms with E-state index < -0.39 is 17.9 Å². The molecule has 1 aliphatic rings. The molecule has 1 unspecified atom stereocenters. The molecule has 1 fully saturated rings. The first-order valence-electron chi connectivity index (χ1n) is 8.79. The van der Waals surface area contributed by atoms with E-state index in [-0.39, 0.29) is 11.6 Å². The molecule has 7 heteroatoms. The molecule has 0 bridgehead atoms. The molecule has 1 N–H and O–H groups in total. The topological polar surface area (TPSA) is 84.7 Å². The van der Waals surface area contributed by atoms with Crippen LogP contribution in [0.2, 0.25) is 0 Å². The maximum absolute atomic E-state index is 13.0. The largest absolute Gasteiger partial charge is 0.489 e. The van der Waals surface area contributed by atoms with Crippen LogP contribution in [0, 0.1) is 5.92 Å². The predicted molar refractivity (Wildman–Crippen MR) is 95.6 cm³/mol. The van der Waals surface area contributed by atoms with E-state index in [1.54, 1.807) is 10.9 Å². The van der Waals surface area contributed by atoms with Crippen molar-refractivity contribution in [2.75, 3.05) is 13.2 Å². The highest BCUT2D eigenvalue weighted by atomic mass is 16.5. The maximum atomic E-state index is 13.0. The van der Waals surface area contributed by atoms with E-state index in [1.165, 1.54) is 4.90 Å². The lowest BCUT2D eigenvalue weighted by Crippen LogP contribution is -2.40. The fourth-order valence-electron chi connectivity index (χ4n) is 2.98. The number of carboxylic acids is 1. The van der Waals surface area contributed by atoms with Gasteiger partial charge in [0, 0.05) is 6.54 Å². The molecular weight excluding hydrogens is 334 g/mol. The van der Waals surface area contributed by atoms with Crippen LogP contribution in [0.4, 0.5) is 0 Å². The molecular formula is C19H23N3O4. The van der Waals surface area contributed by atoms with Crippen LogP contribution >= 0.6 is 0 Å². The predicted octanol–water partition coefficient (Wildman–Crippen LogP) is 2.60. The Morgan fingerprint density at radius 3 is 2.69 bits per heavy atom. The number of aromatic nitrogens is 2. The lowest BCUT2D eigenvalue weighted by Gasteiger charge is -2.20. The van der Waals surface area contributed by atoms with Gasteiger partial charge in [-0.2, -0.15) is 5.10 Å². The number of amides is 1. The second-order valence-electron chi connectivity index (χ2n) is 6.82. The number of nitrogens with zero attached hydrogens (tertiary/aromatic N) is 3. The van der Waals surface area contributed by atoms with Crippen molar-refractivity contribution in [2.45, 2.75) is 32.7 Å². The summed E-state index contributed by atoms with van der Waals surface area (Å²) in [7, 11) is 0. The highest BCUT2D eigenvalue weighted by Gasteiger charge is 2.36. The van der Waals surface area contributed by atoms with Crippen molar-refractivity contribution in [3.05, 3.63) is 42.2 Å². The molecule has 1 saturated heterocycles. The van der Waals surface area contributed by atoms with Crippen molar-refractivity contribution in [1.29, 1.82) is 0 Å². The third-order valence-corrected chi connectivity index (χ3v) is 4.27. The lowest BCUT2D eigenvalue weighted by atomic mass is 10.2. The Morgan fingerprint density at radius 2 is 2.04 bits per heavy atom. The van der Waals surface area contributed by atoms with Crippen LogP contribution in [-0.4, -0.2) is 50.9 Å². The van der Waals surface area contributed by atoms with E-state index in [9.17, 15) is 14.7 Å². The molecule has 1 aromatic heterocycles. The first-order chi connectivity index (χ1) is 12.5. The van der Waals surface area contributed by atoms with Crippen LogP contribution in [0.25, 0.3) is 5.69 Å². The van der Waals surface area contributed by atoms with E-state index in [4.69, 9.17) is 4.74 Å². The molecule has 1 aliphatic heterocycles. The summed E-state index contributed by atoms with van der Waals surface area (Å²) >= 11 is 0. The van der Waals surface area contributed by atoms with Crippen molar-refractivity contribution in [3.8, 4) is 11.4 Å². The minimum absolute atomic E-state index is 0.155. The van der Waals surface area contributed by atoms with Crippen LogP contribution in [0.1, 0.15) is 37.2 Å². The van der Waals surface area contributed by atoms with Gasteiger partial charge < -0.3 is 14.7 Å². The van der Waals surface area contributed by atoms with Gasteiger partial charge in [0.15, 0.2) is 11.4 Å². The minimum atomic E-state index is -0.983. The smallest absolute Gasteiger partial charge is 0.326 e. The zero-order valence-corrected chi connectivity index (χ0v) is 15.0. The van der Waals surface area contributed by atoms with Gasteiger partial charge >= 0.3 is 5.97 Å². The zero-order valence-electron chi connectivity index (χ0n) is 15.0. The van der Waals surface area contributed by atoms with Crippen molar-refractivity contribution in [2.24, 2.45) is 5.92 Å². The van der Waals surface area contributed by atoms with Gasteiger partial charge in [-0.3, -0.25) is 4.79 Å². The monoisotopic (exact) mass is 357 g/mol. The molecule has 7 nitrogen and oxygen atoms in total. The number of carbonyl (C=O) groups excluding carboxylic acids is 1. The lowest BCUT2D eigenvalue weighted by molar-refractivity contribution is -0.141. The fraction of sp³-hybridized carbons (Fsp3) is 0.421. The number of aliphatic carboxylic acids is 1. The van der Waals surface area contributed by atoms with Gasteiger partial charge in [0.05, 0.1) is 18.5 Å². The van der Waals surface area contributed by atoms with Gasteiger partial charge in [0.1, 0.15) is 6.04 Å². The number of benzene rings is 1. The molecule has 2 heterocycles. The van der Waals surface area contributed by atoms with Crippen molar-refractivity contribution in [1.82, 2.24) is 14.7 Å². The zero-order chi connectivity index (χ0) is 18.7. The third-order valence-electron chi connectivity index (χ3n) is 4.27. The summed E-state index contributed by atoms with van der Waals surface area (Å²) in [6.45, 7) is 4.90. The Hall–Kier alpha value is -2.83. The van der Waals surface area contributed by atoms with E-state index >= 15 is 0 Å². The minimum Gasteiger partial charge on any atom is -0.489 e. The normalized spacial score (nSPS) is 16.9. The van der Waals surface area contributed by atoms with E-state index in [0.717, 1.165) is 5.69 Å². The average Bonchev–Trinajstić information content (AvgIpc) is 3.27. The van der Waals surface area contributed by atoms with Crippen LogP contribution in [-0.2, 0) is 4.79 Å². The summed E-state index contributed by atoms with van der Waals surface area (Å²) in [4.78, 5) is 25.8. The molecule has 0 spiro atoms. The summed E-state index contributed by atoms with van der Waals surface area (Å²) in [6.07, 6.45) is 2.81. The van der Waals surface area contributed by atoms with Gasteiger partial charge in [-0.1, -0.05) is 32.0 Å². The first-order valence-corrected chi connectivity index (χ1v) is 8.79. The molecule has 2 aromatic rings. The summed E-state index contributed by atoms with van der Waals surface area (Å²) in [5.41, 5.74) is 0.958. The number of rotatable bonds is 6. The van der Waals surface area contributed by atoms with Gasteiger partial charge in [-0.05, 0) is 30.9 Å². The second-order valence-corrected chi connectivity index (χ2v) is 6.82. The number of carbonyl (C=O) groups is 2. The Bertz CT molecular complexity index is 785. The van der Waals surface area contributed by atoms with Crippen LogP contribution in [0.3, 0.4) is 0 Å². The molecule has 1 atom stereocenters. The number of ether oxygens (including phenoxy) is 1. The van der Waals surface area contributed by atoms with Gasteiger partial charge in [0.2, 0.25) is 0 Å². The summed E-state index contributed by atoms with van der Waals surface area (Å²) in [5.74, 6) is -0.716. The Kier molecular flexibility index (Phi) is 5.25. The number of hydrogen-bond donors (Lipinski definition) is 1. The van der Waals surface area contributed by atoms with Crippen LogP contribution in [0.15, 0.2) is 36.5 Å². The van der Waals surface area contributed by atoms with E-state index in [2.05, 4.69) is 5.10 Å². The second kappa shape index (κ2) is 7.59. The quantitative estimate of drug-likeness (QED) is 0.859. The van der Waals surface area contributed by atoms with E-state index in [1.807, 2.05) is 44.2 Å². The molecule has 1 amide bonds. The SMILES string of the molecule is CC(C)COc1cn(-c2ccccc2)nc1C(=O)N1CCCC1C(=O)O. The molecule has 1 aromatic carbocycles. The van der Waals surface area contributed by atoms with Crippen LogP contribution < -0.4 is 4.74 Å². The summed E-state index contributed by atoms with van der Waals surface area (Å²) < 4.78 is 7.39. The average molecular weight is 357 g/mol. The standard InChI is InChI=1S/C19H23N3O4/c1-13(2)12-26-16-11-22(14-7-4-3-5-8-14)20-17(16)18(23)21-10-6-9-15(21)19(24)25/h3-5,7-8,11,13,15H,6,9-10,12H2,1-2H3,(H,24,25). The Morgan fingerprint density at radius 1 is 1.31 bits per heavy atom. The molecule has 0 saturated carbocycles. The fourth-order valence-corrected chi connectivity index (χ4v) is 2.98. The van der Waals surface area contributed by atoms with Crippen LogP contribution in [0.5, 0.6) is 5.75 Å². The van der Waals surface area contributed by atoms with Crippen molar-refractivity contribution >= 4 is 11.9 Å². The highest BCUT2D eigenvalue weighted by Crippen LogP contribution is 2.26. The van der Waals surface area contributed by atoms with Crippen molar-refractivity contribution < 1.29 is 19.4 Å². The highest BCUT2D eigenvalue weighted by molar-refractivity contribution is 5.97. The number of para-hydroxylation sites is 1. The number of carboxylic acid groups (broad SMARTS) is 1. The Labute approximate surface area is 152 Å². The van der Waals surface area contributed by atoms with Gasteiger partial charge in [0.25, 0.3) is 5.91 Å².